The molecule has 0 saturated carbocycles. The molecule has 2 amide bonds. The molecule has 7 nitrogen and oxygen atoms in total. The van der Waals surface area contributed by atoms with Gasteiger partial charge in [-0.25, -0.2) is 0 Å². The first-order valence-electron chi connectivity index (χ1n) is 6.44. The topological polar surface area (TPSA) is 102 Å². The van der Waals surface area contributed by atoms with Crippen LogP contribution in [-0.4, -0.2) is 47.2 Å². The van der Waals surface area contributed by atoms with Crippen LogP contribution < -0.4 is 10.4 Å². The van der Waals surface area contributed by atoms with E-state index < -0.39 is 11.2 Å². The van der Waals surface area contributed by atoms with Crippen molar-refractivity contribution in [2.45, 2.75) is 11.7 Å². The van der Waals surface area contributed by atoms with Gasteiger partial charge >= 0.3 is 0 Å². The van der Waals surface area contributed by atoms with Crippen LogP contribution in [0, 0.1) is 0 Å². The highest BCUT2D eigenvalue weighted by molar-refractivity contribution is 8.15. The molecule has 1 atom stereocenters. The number of carboxylic acid groups (broad SMARTS) is 1. The fourth-order valence-corrected chi connectivity index (χ4v) is 3.10. The number of hydrogen-bond donors (Lipinski definition) is 1. The van der Waals surface area contributed by atoms with Crippen molar-refractivity contribution < 1.29 is 19.5 Å². The summed E-state index contributed by atoms with van der Waals surface area (Å²) >= 11 is 1.24. The minimum atomic E-state index is -1.32. The Morgan fingerprint density at radius 3 is 2.77 bits per heavy atom. The lowest BCUT2D eigenvalue weighted by molar-refractivity contribution is -0.255. The third kappa shape index (κ3) is 3.45. The van der Waals surface area contributed by atoms with Crippen LogP contribution in [0.2, 0.25) is 0 Å². The number of amides is 2. The van der Waals surface area contributed by atoms with E-state index in [2.05, 4.69) is 10.3 Å². The van der Waals surface area contributed by atoms with Gasteiger partial charge in [-0.15, -0.1) is 0 Å². The maximum Gasteiger partial charge on any atom is 0.242 e. The Hall–Kier alpha value is -2.35. The number of carbonyl (C=O) groups is 3. The lowest BCUT2D eigenvalue weighted by atomic mass is 10.2. The summed E-state index contributed by atoms with van der Waals surface area (Å²) in [7, 11) is 3.19. The Morgan fingerprint density at radius 1 is 1.45 bits per heavy atom. The van der Waals surface area contributed by atoms with Gasteiger partial charge in [0.15, 0.2) is 5.17 Å². The van der Waals surface area contributed by atoms with Crippen molar-refractivity contribution in [1.82, 2.24) is 4.90 Å². The minimum Gasteiger partial charge on any atom is -0.545 e. The van der Waals surface area contributed by atoms with Crippen molar-refractivity contribution in [2.24, 2.45) is 4.99 Å². The molecule has 0 spiro atoms. The largest absolute Gasteiger partial charge is 0.545 e. The number of aromatic carboxylic acids is 1. The second-order valence-corrected chi connectivity index (χ2v) is 5.80. The van der Waals surface area contributed by atoms with Gasteiger partial charge in [-0.1, -0.05) is 23.9 Å². The standard InChI is InChI=1S/C14H15N3O4S/c1-15-14-17(2)12(19)10(22-14)7-11(18)16-9-5-3-4-8(6-9)13(20)21/h3-6,10H,7H2,1-2H3,(H,16,18)(H,20,21)/p-1/t10-/m1/s1. The third-order valence-electron chi connectivity index (χ3n) is 3.08. The predicted molar refractivity (Wildman–Crippen MR) is 81.5 cm³/mol. The van der Waals surface area contributed by atoms with Gasteiger partial charge in [0.2, 0.25) is 11.8 Å². The number of anilines is 1. The molecule has 1 N–H and O–H groups in total. The van der Waals surface area contributed by atoms with E-state index in [1.165, 1.54) is 34.9 Å². The summed E-state index contributed by atoms with van der Waals surface area (Å²) in [6, 6.07) is 5.76. The average molecular weight is 320 g/mol. The number of rotatable bonds is 4. The van der Waals surface area contributed by atoms with Crippen molar-refractivity contribution in [3.8, 4) is 0 Å². The number of carbonyl (C=O) groups excluding carboxylic acids is 3. The summed E-state index contributed by atoms with van der Waals surface area (Å²) in [5, 5.41) is 13.4. The number of hydrogen-bond acceptors (Lipinski definition) is 6. The zero-order valence-electron chi connectivity index (χ0n) is 12.0. The summed E-state index contributed by atoms with van der Waals surface area (Å²) in [5.41, 5.74) is 0.323. The van der Waals surface area contributed by atoms with Gasteiger partial charge in [0.25, 0.3) is 0 Å². The maximum absolute atomic E-state index is 12.0. The molecule has 1 fully saturated rings. The highest BCUT2D eigenvalue weighted by Gasteiger charge is 2.36. The predicted octanol–water partition coefficient (Wildman–Crippen LogP) is -0.0617. The molecule has 1 aromatic carbocycles. The van der Waals surface area contributed by atoms with Crippen LogP contribution in [0.4, 0.5) is 5.69 Å². The van der Waals surface area contributed by atoms with E-state index in [9.17, 15) is 19.5 Å². The van der Waals surface area contributed by atoms with Crippen LogP contribution in [-0.2, 0) is 9.59 Å². The van der Waals surface area contributed by atoms with E-state index in [0.29, 0.717) is 10.9 Å². The first kappa shape index (κ1) is 16.0. The molecular formula is C14H14N3O4S-. The minimum absolute atomic E-state index is 0.0115. The number of nitrogens with zero attached hydrogens (tertiary/aromatic N) is 2. The van der Waals surface area contributed by atoms with Crippen LogP contribution in [0.1, 0.15) is 16.8 Å². The summed E-state index contributed by atoms with van der Waals surface area (Å²) in [6.07, 6.45) is -0.0115. The molecule has 116 valence electrons. The Labute approximate surface area is 131 Å². The zero-order chi connectivity index (χ0) is 16.3. The molecule has 22 heavy (non-hydrogen) atoms. The molecule has 0 bridgehead atoms. The van der Waals surface area contributed by atoms with Crippen molar-refractivity contribution in [3.05, 3.63) is 29.8 Å². The molecule has 1 aliphatic rings. The van der Waals surface area contributed by atoms with Crippen LogP contribution >= 0.6 is 11.8 Å². The summed E-state index contributed by atoms with van der Waals surface area (Å²) in [4.78, 5) is 40.1. The number of thioether (sulfide) groups is 1. The van der Waals surface area contributed by atoms with Crippen LogP contribution in [0.3, 0.4) is 0 Å². The number of nitrogens with one attached hydrogen (secondary N) is 1. The van der Waals surface area contributed by atoms with Crippen LogP contribution in [0.15, 0.2) is 29.3 Å². The fourth-order valence-electron chi connectivity index (χ4n) is 2.00. The van der Waals surface area contributed by atoms with Gasteiger partial charge in [-0.2, -0.15) is 0 Å². The van der Waals surface area contributed by atoms with Gasteiger partial charge in [0.05, 0.1) is 5.97 Å². The SMILES string of the molecule is CN=C1S[C@H](CC(=O)Nc2cccc(C(=O)[O-])c2)C(=O)N1C. The van der Waals surface area contributed by atoms with Crippen molar-refractivity contribution in [1.29, 1.82) is 0 Å². The summed E-state index contributed by atoms with van der Waals surface area (Å²) in [5.74, 6) is -1.86. The van der Waals surface area contributed by atoms with Gasteiger partial charge in [-0.3, -0.25) is 19.5 Å². The van der Waals surface area contributed by atoms with Crippen LogP contribution in [0.25, 0.3) is 0 Å². The Morgan fingerprint density at radius 2 is 2.18 bits per heavy atom. The molecule has 0 aromatic heterocycles. The number of benzene rings is 1. The first-order chi connectivity index (χ1) is 10.4. The second kappa shape index (κ2) is 6.61. The Bertz CT molecular complexity index is 659. The monoisotopic (exact) mass is 320 g/mol. The smallest absolute Gasteiger partial charge is 0.242 e. The summed E-state index contributed by atoms with van der Waals surface area (Å²) in [6.45, 7) is 0. The molecule has 1 aromatic rings. The van der Waals surface area contributed by atoms with Gasteiger partial charge < -0.3 is 15.2 Å². The lowest BCUT2D eigenvalue weighted by Crippen LogP contribution is -2.30. The van der Waals surface area contributed by atoms with Crippen molar-refractivity contribution in [3.63, 3.8) is 0 Å². The highest BCUT2D eigenvalue weighted by Crippen LogP contribution is 2.28. The van der Waals surface area contributed by atoms with E-state index in [1.54, 1.807) is 20.2 Å². The van der Waals surface area contributed by atoms with E-state index >= 15 is 0 Å². The summed E-state index contributed by atoms with van der Waals surface area (Å²) < 4.78 is 0. The van der Waals surface area contributed by atoms with E-state index in [1.807, 2.05) is 0 Å². The van der Waals surface area contributed by atoms with Gasteiger partial charge in [0.1, 0.15) is 5.25 Å². The molecule has 2 rings (SSSR count). The maximum atomic E-state index is 12.0. The second-order valence-electron chi connectivity index (χ2n) is 4.63. The van der Waals surface area contributed by atoms with Gasteiger partial charge in [-0.05, 0) is 17.7 Å². The quantitative estimate of drug-likeness (QED) is 0.837. The first-order valence-corrected chi connectivity index (χ1v) is 7.32. The van der Waals surface area contributed by atoms with Gasteiger partial charge in [0, 0.05) is 26.2 Å². The third-order valence-corrected chi connectivity index (χ3v) is 4.40. The molecule has 1 aliphatic heterocycles. The average Bonchev–Trinajstić information content (AvgIpc) is 2.75. The molecule has 0 aliphatic carbocycles. The number of carboxylic acids is 1. The number of amidine groups is 1. The Kier molecular flexibility index (Phi) is 4.81. The Balaban J connectivity index is 2.01. The molecule has 1 heterocycles. The molecule has 1 saturated heterocycles. The molecule has 0 unspecified atom stereocenters. The van der Waals surface area contributed by atoms with Crippen LogP contribution in [0.5, 0.6) is 0 Å². The van der Waals surface area contributed by atoms with E-state index in [-0.39, 0.29) is 23.8 Å². The number of aliphatic imine (C=N–C) groups is 1. The fraction of sp³-hybridized carbons (Fsp3) is 0.286. The molecular weight excluding hydrogens is 306 g/mol. The molecule has 0 radical (unpaired) electrons. The van der Waals surface area contributed by atoms with Crippen molar-refractivity contribution in [2.75, 3.05) is 19.4 Å². The van der Waals surface area contributed by atoms with Crippen molar-refractivity contribution >= 4 is 40.4 Å². The normalized spacial score (nSPS) is 19.5. The molecule has 8 heteroatoms. The lowest BCUT2D eigenvalue weighted by Gasteiger charge is -2.10. The van der Waals surface area contributed by atoms with E-state index in [0.717, 1.165) is 0 Å². The van der Waals surface area contributed by atoms with E-state index in [4.69, 9.17) is 0 Å². The zero-order valence-corrected chi connectivity index (χ0v) is 12.8. The highest BCUT2D eigenvalue weighted by atomic mass is 32.2.